The monoisotopic (exact) mass is 457 g/mol. The fourth-order valence-corrected chi connectivity index (χ4v) is 4.50. The SMILES string of the molecule is Cc1ccc2nc(-c3cccnc3N)n(-c3ccc(CN4CCC(NC(=O)O)CC4)cc3)c2n1. The zero-order valence-electron chi connectivity index (χ0n) is 19.0. The number of fused-ring (bicyclic) bond motifs is 1. The number of piperidine rings is 1. The number of nitrogen functional groups attached to an aromatic ring is 1. The largest absolute Gasteiger partial charge is 0.465 e. The van der Waals surface area contributed by atoms with Crippen molar-refractivity contribution in [2.75, 3.05) is 18.8 Å². The second-order valence-corrected chi connectivity index (χ2v) is 8.67. The van der Waals surface area contributed by atoms with E-state index in [0.29, 0.717) is 11.6 Å². The van der Waals surface area contributed by atoms with Crippen LogP contribution in [0.1, 0.15) is 24.1 Å². The Bertz CT molecular complexity index is 1330. The number of carbonyl (C=O) groups is 1. The Labute approximate surface area is 197 Å². The summed E-state index contributed by atoms with van der Waals surface area (Å²) >= 11 is 0. The zero-order valence-corrected chi connectivity index (χ0v) is 19.0. The molecule has 0 saturated carbocycles. The molecule has 0 atom stereocenters. The number of benzene rings is 1. The smallest absolute Gasteiger partial charge is 0.404 e. The lowest BCUT2D eigenvalue weighted by Crippen LogP contribution is -2.43. The van der Waals surface area contributed by atoms with Gasteiger partial charge < -0.3 is 16.2 Å². The van der Waals surface area contributed by atoms with Gasteiger partial charge in [0.15, 0.2) is 11.5 Å². The molecule has 1 saturated heterocycles. The fraction of sp³-hybridized carbons (Fsp3) is 0.280. The van der Waals surface area contributed by atoms with Crippen molar-refractivity contribution in [3.8, 4) is 17.1 Å². The number of hydrogen-bond donors (Lipinski definition) is 3. The third-order valence-corrected chi connectivity index (χ3v) is 6.24. The number of pyridine rings is 2. The van der Waals surface area contributed by atoms with Gasteiger partial charge in [0.05, 0.1) is 5.56 Å². The molecule has 4 N–H and O–H groups in total. The summed E-state index contributed by atoms with van der Waals surface area (Å²) < 4.78 is 2.03. The van der Waals surface area contributed by atoms with Crippen molar-refractivity contribution in [3.63, 3.8) is 0 Å². The van der Waals surface area contributed by atoms with E-state index < -0.39 is 6.09 Å². The summed E-state index contributed by atoms with van der Waals surface area (Å²) in [6, 6.07) is 16.1. The van der Waals surface area contributed by atoms with Crippen molar-refractivity contribution in [1.82, 2.24) is 29.7 Å². The first kappa shape index (κ1) is 21.8. The number of rotatable bonds is 5. The number of aryl methyl sites for hydroxylation is 1. The Hall–Kier alpha value is -3.98. The van der Waals surface area contributed by atoms with Crippen molar-refractivity contribution in [1.29, 1.82) is 0 Å². The van der Waals surface area contributed by atoms with E-state index in [9.17, 15) is 4.79 Å². The first-order valence-corrected chi connectivity index (χ1v) is 11.4. The third-order valence-electron chi connectivity index (χ3n) is 6.24. The van der Waals surface area contributed by atoms with Gasteiger partial charge in [0.25, 0.3) is 0 Å². The van der Waals surface area contributed by atoms with Gasteiger partial charge in [0.2, 0.25) is 0 Å². The predicted molar refractivity (Wildman–Crippen MR) is 131 cm³/mol. The first-order valence-electron chi connectivity index (χ1n) is 11.4. The molecule has 5 rings (SSSR count). The van der Waals surface area contributed by atoms with Gasteiger partial charge in [-0.15, -0.1) is 0 Å². The number of aromatic nitrogens is 4. The molecule has 0 bridgehead atoms. The molecular weight excluding hydrogens is 430 g/mol. The van der Waals surface area contributed by atoms with E-state index in [4.69, 9.17) is 20.8 Å². The number of likely N-dealkylation sites (tertiary alicyclic amines) is 1. The van der Waals surface area contributed by atoms with Gasteiger partial charge in [-0.1, -0.05) is 12.1 Å². The van der Waals surface area contributed by atoms with Gasteiger partial charge in [-0.2, -0.15) is 0 Å². The summed E-state index contributed by atoms with van der Waals surface area (Å²) in [6.45, 7) is 4.52. The third kappa shape index (κ3) is 4.42. The molecule has 1 amide bonds. The lowest BCUT2D eigenvalue weighted by Gasteiger charge is -2.31. The van der Waals surface area contributed by atoms with E-state index in [0.717, 1.165) is 60.6 Å². The minimum atomic E-state index is -0.946. The molecule has 1 aromatic carbocycles. The molecule has 4 aromatic rings. The summed E-state index contributed by atoms with van der Waals surface area (Å²) in [5.41, 5.74) is 11.6. The summed E-state index contributed by atoms with van der Waals surface area (Å²) in [5, 5.41) is 11.5. The second-order valence-electron chi connectivity index (χ2n) is 8.67. The van der Waals surface area contributed by atoms with Crippen molar-refractivity contribution in [2.45, 2.75) is 32.4 Å². The van der Waals surface area contributed by atoms with E-state index in [-0.39, 0.29) is 6.04 Å². The molecule has 174 valence electrons. The van der Waals surface area contributed by atoms with Crippen molar-refractivity contribution >= 4 is 23.1 Å². The number of nitrogens with two attached hydrogens (primary N) is 1. The number of nitrogens with one attached hydrogen (secondary N) is 1. The van der Waals surface area contributed by atoms with Crippen LogP contribution in [0.15, 0.2) is 54.7 Å². The highest BCUT2D eigenvalue weighted by molar-refractivity contribution is 5.82. The second kappa shape index (κ2) is 9.11. The minimum Gasteiger partial charge on any atom is -0.465 e. The van der Waals surface area contributed by atoms with Gasteiger partial charge in [-0.05, 0) is 61.7 Å². The van der Waals surface area contributed by atoms with Gasteiger partial charge >= 0.3 is 6.09 Å². The number of hydrogen-bond acceptors (Lipinski definition) is 6. The lowest BCUT2D eigenvalue weighted by molar-refractivity contribution is 0.165. The average molecular weight is 458 g/mol. The fourth-order valence-electron chi connectivity index (χ4n) is 4.50. The number of nitrogens with zero attached hydrogens (tertiary/aromatic N) is 5. The van der Waals surface area contributed by atoms with Crippen molar-refractivity contribution in [3.05, 3.63) is 66.0 Å². The predicted octanol–water partition coefficient (Wildman–Crippen LogP) is 3.61. The normalized spacial score (nSPS) is 15.0. The van der Waals surface area contributed by atoms with Crippen LogP contribution in [0.5, 0.6) is 0 Å². The van der Waals surface area contributed by atoms with Crippen LogP contribution < -0.4 is 11.1 Å². The molecule has 3 aromatic heterocycles. The summed E-state index contributed by atoms with van der Waals surface area (Å²) in [5.74, 6) is 1.13. The van der Waals surface area contributed by atoms with E-state index in [1.54, 1.807) is 6.20 Å². The van der Waals surface area contributed by atoms with Gasteiger partial charge in [-0.3, -0.25) is 9.47 Å². The highest BCUT2D eigenvalue weighted by Gasteiger charge is 2.21. The summed E-state index contributed by atoms with van der Waals surface area (Å²) in [6.07, 6.45) is 2.38. The minimum absolute atomic E-state index is 0.0416. The van der Waals surface area contributed by atoms with Gasteiger partial charge in [0, 0.05) is 43.3 Å². The Kier molecular flexibility index (Phi) is 5.85. The number of carboxylic acid groups (broad SMARTS) is 1. The van der Waals surface area contributed by atoms with Crippen LogP contribution in [-0.4, -0.2) is 54.8 Å². The van der Waals surface area contributed by atoms with Crippen LogP contribution in [0.25, 0.3) is 28.2 Å². The molecule has 0 spiro atoms. The molecule has 34 heavy (non-hydrogen) atoms. The molecular formula is C25H27N7O2. The van der Waals surface area contributed by atoms with Gasteiger partial charge in [-0.25, -0.2) is 19.7 Å². The highest BCUT2D eigenvalue weighted by Crippen LogP contribution is 2.30. The Balaban J connectivity index is 1.42. The molecule has 0 radical (unpaired) electrons. The number of anilines is 1. The maximum atomic E-state index is 10.9. The molecule has 0 unspecified atom stereocenters. The topological polar surface area (TPSA) is 122 Å². The average Bonchev–Trinajstić information content (AvgIpc) is 3.19. The van der Waals surface area contributed by atoms with Crippen LogP contribution in [0, 0.1) is 6.92 Å². The van der Waals surface area contributed by atoms with Crippen LogP contribution in [0.3, 0.4) is 0 Å². The lowest BCUT2D eigenvalue weighted by atomic mass is 10.0. The molecule has 1 fully saturated rings. The standard InChI is InChI=1S/C25H27N7O2/c1-16-4-9-21-24(28-16)32(23(30-21)20-3-2-12-27-22(20)26)19-7-5-17(6-8-19)15-31-13-10-18(11-14-31)29-25(33)34/h2-9,12,18,29H,10-11,13-15H2,1H3,(H2,26,27)(H,33,34). The maximum Gasteiger partial charge on any atom is 0.404 e. The summed E-state index contributed by atoms with van der Waals surface area (Å²) in [7, 11) is 0. The maximum absolute atomic E-state index is 10.9. The Morgan fingerprint density at radius 2 is 1.88 bits per heavy atom. The van der Waals surface area contributed by atoms with Crippen molar-refractivity contribution < 1.29 is 9.90 Å². The van der Waals surface area contributed by atoms with Gasteiger partial charge in [0.1, 0.15) is 11.3 Å². The molecule has 1 aliphatic heterocycles. The van der Waals surface area contributed by atoms with Crippen molar-refractivity contribution in [2.24, 2.45) is 0 Å². The highest BCUT2D eigenvalue weighted by atomic mass is 16.4. The number of amides is 1. The zero-order chi connectivity index (χ0) is 23.7. The molecule has 1 aliphatic rings. The van der Waals surface area contributed by atoms with E-state index in [1.165, 1.54) is 5.56 Å². The van der Waals surface area contributed by atoms with Crippen LogP contribution in [-0.2, 0) is 6.54 Å². The van der Waals surface area contributed by atoms with Crippen LogP contribution >= 0.6 is 0 Å². The van der Waals surface area contributed by atoms with Crippen LogP contribution in [0.4, 0.5) is 10.6 Å². The molecule has 4 heterocycles. The Morgan fingerprint density at radius 3 is 2.59 bits per heavy atom. The molecule has 9 nitrogen and oxygen atoms in total. The summed E-state index contributed by atoms with van der Waals surface area (Å²) in [4.78, 5) is 27.0. The quantitative estimate of drug-likeness (QED) is 0.418. The number of imidazole rings is 1. The van der Waals surface area contributed by atoms with Crippen LogP contribution in [0.2, 0.25) is 0 Å². The van der Waals surface area contributed by atoms with E-state index >= 15 is 0 Å². The van der Waals surface area contributed by atoms with E-state index in [2.05, 4.69) is 39.5 Å². The molecule has 0 aliphatic carbocycles. The first-order chi connectivity index (χ1) is 16.5. The van der Waals surface area contributed by atoms with E-state index in [1.807, 2.05) is 35.8 Å². The Morgan fingerprint density at radius 1 is 1.12 bits per heavy atom. The molecule has 9 heteroatoms.